The first-order valence-corrected chi connectivity index (χ1v) is 12.5. The number of alkyl halides is 3. The van der Waals surface area contributed by atoms with Crippen molar-refractivity contribution in [3.05, 3.63) is 63.0 Å². The van der Waals surface area contributed by atoms with E-state index in [9.17, 15) is 18.0 Å². The summed E-state index contributed by atoms with van der Waals surface area (Å²) in [5, 5.41) is 12.6. The number of carbonyl (C=O) groups is 1. The first-order chi connectivity index (χ1) is 16.8. The topological polar surface area (TPSA) is 72.3 Å². The third-order valence-electron chi connectivity index (χ3n) is 7.09. The van der Waals surface area contributed by atoms with Gasteiger partial charge in [0, 0.05) is 29.4 Å². The van der Waals surface area contributed by atoms with Crippen LogP contribution in [0.3, 0.4) is 0 Å². The van der Waals surface area contributed by atoms with Crippen LogP contribution in [-0.2, 0) is 35.1 Å². The second-order valence-electron chi connectivity index (χ2n) is 9.16. The highest BCUT2D eigenvalue weighted by atomic mass is 32.1. The number of fused-ring (bicyclic) bond motifs is 5. The molecular weight excluding hydrogens is 479 g/mol. The zero-order valence-electron chi connectivity index (χ0n) is 19.1. The number of ether oxygens (including phenoxy) is 1. The maximum absolute atomic E-state index is 14.0. The summed E-state index contributed by atoms with van der Waals surface area (Å²) in [7, 11) is 0. The number of nitrogens with one attached hydrogen (secondary N) is 1. The van der Waals surface area contributed by atoms with E-state index in [1.807, 2.05) is 16.4 Å². The molecule has 1 fully saturated rings. The summed E-state index contributed by atoms with van der Waals surface area (Å²) < 4.78 is 49.4. The van der Waals surface area contributed by atoms with E-state index in [1.165, 1.54) is 6.07 Å². The van der Waals surface area contributed by atoms with E-state index in [2.05, 4.69) is 15.5 Å². The zero-order valence-corrected chi connectivity index (χ0v) is 19.9. The van der Waals surface area contributed by atoms with Crippen LogP contribution in [0.5, 0.6) is 0 Å². The molecule has 184 valence electrons. The fourth-order valence-corrected chi connectivity index (χ4v) is 6.99. The molecule has 4 heterocycles. The molecule has 3 aliphatic rings. The Balaban J connectivity index is 1.45. The van der Waals surface area contributed by atoms with E-state index < -0.39 is 17.8 Å². The van der Waals surface area contributed by atoms with Crippen LogP contribution in [0.1, 0.15) is 44.8 Å². The molecule has 1 saturated heterocycles. The Labute approximate surface area is 203 Å². The molecule has 2 atom stereocenters. The van der Waals surface area contributed by atoms with Gasteiger partial charge in [0.2, 0.25) is 5.91 Å². The first kappa shape index (κ1) is 22.7. The highest BCUT2D eigenvalue weighted by Crippen LogP contribution is 2.48. The second-order valence-corrected chi connectivity index (χ2v) is 10.2. The predicted molar refractivity (Wildman–Crippen MR) is 122 cm³/mol. The SMILES string of the molecule is Cc1nnc2n1-c1sc3c(c1C(c1ccccc1C(F)(F)F)NC2)CC(C(=O)N1CCOCC1)C3. The Kier molecular flexibility index (Phi) is 5.46. The van der Waals surface area contributed by atoms with Crippen molar-refractivity contribution in [3.8, 4) is 5.00 Å². The minimum Gasteiger partial charge on any atom is -0.378 e. The predicted octanol–water partition coefficient (Wildman–Crippen LogP) is 3.42. The smallest absolute Gasteiger partial charge is 0.378 e. The average Bonchev–Trinajstić information content (AvgIpc) is 3.49. The fourth-order valence-electron chi connectivity index (χ4n) is 5.48. The van der Waals surface area contributed by atoms with Gasteiger partial charge >= 0.3 is 6.18 Å². The van der Waals surface area contributed by atoms with Crippen molar-refractivity contribution in [1.29, 1.82) is 0 Å². The lowest BCUT2D eigenvalue weighted by molar-refractivity contribution is -0.139. The summed E-state index contributed by atoms with van der Waals surface area (Å²) >= 11 is 1.55. The fraction of sp³-hybridized carbons (Fsp3) is 0.458. The maximum atomic E-state index is 14.0. The lowest BCUT2D eigenvalue weighted by Crippen LogP contribution is -2.44. The Morgan fingerprint density at radius 2 is 1.94 bits per heavy atom. The van der Waals surface area contributed by atoms with Gasteiger partial charge < -0.3 is 9.64 Å². The number of morpholine rings is 1. The highest BCUT2D eigenvalue weighted by molar-refractivity contribution is 7.15. The van der Waals surface area contributed by atoms with E-state index in [0.29, 0.717) is 50.8 Å². The minimum absolute atomic E-state index is 0.0976. The van der Waals surface area contributed by atoms with E-state index >= 15 is 0 Å². The number of rotatable bonds is 2. The van der Waals surface area contributed by atoms with Crippen molar-refractivity contribution in [2.75, 3.05) is 26.3 Å². The average molecular weight is 504 g/mol. The van der Waals surface area contributed by atoms with Crippen molar-refractivity contribution >= 4 is 17.2 Å². The molecule has 1 aromatic carbocycles. The maximum Gasteiger partial charge on any atom is 0.416 e. The molecule has 2 aliphatic heterocycles. The van der Waals surface area contributed by atoms with Crippen LogP contribution in [0.4, 0.5) is 13.2 Å². The molecule has 35 heavy (non-hydrogen) atoms. The molecule has 6 rings (SSSR count). The second kappa shape index (κ2) is 8.42. The molecule has 2 aromatic heterocycles. The van der Waals surface area contributed by atoms with Gasteiger partial charge in [-0.1, -0.05) is 18.2 Å². The van der Waals surface area contributed by atoms with Gasteiger partial charge in [-0.2, -0.15) is 13.2 Å². The Hall–Kier alpha value is -2.76. The van der Waals surface area contributed by atoms with Crippen LogP contribution in [-0.4, -0.2) is 51.9 Å². The molecule has 0 spiro atoms. The summed E-state index contributed by atoms with van der Waals surface area (Å²) in [6, 6.07) is 5.04. The van der Waals surface area contributed by atoms with Gasteiger partial charge in [0.25, 0.3) is 0 Å². The van der Waals surface area contributed by atoms with Gasteiger partial charge in [-0.3, -0.25) is 14.7 Å². The third-order valence-corrected chi connectivity index (χ3v) is 8.35. The number of nitrogens with zero attached hydrogens (tertiary/aromatic N) is 4. The molecule has 1 amide bonds. The number of benzene rings is 1. The summed E-state index contributed by atoms with van der Waals surface area (Å²) in [6.45, 7) is 4.35. The third kappa shape index (κ3) is 3.76. The van der Waals surface area contributed by atoms with Gasteiger partial charge in [0.15, 0.2) is 5.82 Å². The van der Waals surface area contributed by atoms with Gasteiger partial charge in [-0.05, 0) is 37.0 Å². The molecule has 7 nitrogen and oxygen atoms in total. The number of thiophene rings is 1. The van der Waals surface area contributed by atoms with Crippen LogP contribution < -0.4 is 5.32 Å². The van der Waals surface area contributed by atoms with Crippen LogP contribution in [0.25, 0.3) is 5.00 Å². The van der Waals surface area contributed by atoms with Crippen molar-refractivity contribution in [1.82, 2.24) is 25.0 Å². The first-order valence-electron chi connectivity index (χ1n) is 11.6. The molecule has 11 heteroatoms. The summed E-state index contributed by atoms with van der Waals surface area (Å²) in [5.41, 5.74) is 1.31. The molecule has 2 unspecified atom stereocenters. The molecule has 0 saturated carbocycles. The van der Waals surface area contributed by atoms with Crippen molar-refractivity contribution in [2.24, 2.45) is 5.92 Å². The van der Waals surface area contributed by atoms with Crippen molar-refractivity contribution in [2.45, 2.75) is 38.5 Å². The standard InChI is InChI=1S/C24H24F3N5O2S/c1-13-29-30-19-12-28-21(15-4-2-3-5-17(15)24(25,26)27)20-16-10-14(11-18(16)35-23(20)32(13)19)22(33)31-6-8-34-9-7-31/h2-5,14,21,28H,6-12H2,1H3. The van der Waals surface area contributed by atoms with Crippen LogP contribution in [0.15, 0.2) is 24.3 Å². The molecule has 1 N–H and O–H groups in total. The lowest BCUT2D eigenvalue weighted by Gasteiger charge is -2.29. The Morgan fingerprint density at radius 3 is 2.71 bits per heavy atom. The van der Waals surface area contributed by atoms with E-state index in [0.717, 1.165) is 27.1 Å². The number of amides is 1. The van der Waals surface area contributed by atoms with Crippen LogP contribution in [0.2, 0.25) is 0 Å². The van der Waals surface area contributed by atoms with Crippen LogP contribution >= 0.6 is 11.3 Å². The number of carbonyl (C=O) groups excluding carboxylic acids is 1. The van der Waals surface area contributed by atoms with Gasteiger partial charge in [0.1, 0.15) is 10.8 Å². The number of aromatic nitrogens is 3. The Bertz CT molecular complexity index is 1290. The summed E-state index contributed by atoms with van der Waals surface area (Å²) in [4.78, 5) is 16.1. The molecule has 1 aliphatic carbocycles. The van der Waals surface area contributed by atoms with E-state index in [-0.39, 0.29) is 23.9 Å². The van der Waals surface area contributed by atoms with Crippen molar-refractivity contribution in [3.63, 3.8) is 0 Å². The van der Waals surface area contributed by atoms with E-state index in [1.54, 1.807) is 23.5 Å². The normalized spacial score (nSPS) is 21.9. The molecule has 0 radical (unpaired) electrons. The Morgan fingerprint density at radius 1 is 1.17 bits per heavy atom. The van der Waals surface area contributed by atoms with Gasteiger partial charge in [-0.25, -0.2) is 0 Å². The molecular formula is C24H24F3N5O2S. The monoisotopic (exact) mass is 503 g/mol. The molecule has 0 bridgehead atoms. The summed E-state index contributed by atoms with van der Waals surface area (Å²) in [6.07, 6.45) is -3.38. The number of halogens is 3. The lowest BCUT2D eigenvalue weighted by atomic mass is 9.91. The largest absolute Gasteiger partial charge is 0.416 e. The number of hydrogen-bond acceptors (Lipinski definition) is 6. The van der Waals surface area contributed by atoms with Crippen molar-refractivity contribution < 1.29 is 22.7 Å². The zero-order chi connectivity index (χ0) is 24.3. The van der Waals surface area contributed by atoms with Crippen LogP contribution in [0, 0.1) is 12.8 Å². The number of aryl methyl sites for hydroxylation is 1. The van der Waals surface area contributed by atoms with E-state index in [4.69, 9.17) is 4.74 Å². The molecule has 3 aromatic rings. The highest BCUT2D eigenvalue weighted by Gasteiger charge is 2.42. The van der Waals surface area contributed by atoms with Gasteiger partial charge in [0.05, 0.1) is 31.4 Å². The minimum atomic E-state index is -4.48. The quantitative estimate of drug-likeness (QED) is 0.580. The number of hydrogen-bond donors (Lipinski definition) is 1. The van der Waals surface area contributed by atoms with Gasteiger partial charge in [-0.15, -0.1) is 21.5 Å². The summed E-state index contributed by atoms with van der Waals surface area (Å²) in [5.74, 6) is 1.24.